The van der Waals surface area contributed by atoms with Gasteiger partial charge in [-0.15, -0.1) is 0 Å². The van der Waals surface area contributed by atoms with E-state index >= 15 is 0 Å². The third-order valence-corrected chi connectivity index (χ3v) is 6.13. The monoisotopic (exact) mass is 293 g/mol. The van der Waals surface area contributed by atoms with E-state index in [0.29, 0.717) is 13.1 Å². The summed E-state index contributed by atoms with van der Waals surface area (Å²) in [6.07, 6.45) is 8.60. The smallest absolute Gasteiger partial charge is 0.308 e. The van der Waals surface area contributed by atoms with Crippen molar-refractivity contribution in [2.24, 2.45) is 29.6 Å². The number of carboxylic acid groups (broad SMARTS) is 1. The first-order valence-corrected chi connectivity index (χ1v) is 8.58. The number of rotatable bonds is 2. The molecule has 1 heterocycles. The van der Waals surface area contributed by atoms with Crippen LogP contribution in [0, 0.1) is 29.6 Å². The van der Waals surface area contributed by atoms with Gasteiger partial charge in [-0.2, -0.15) is 0 Å². The Morgan fingerprint density at radius 1 is 1.00 bits per heavy atom. The van der Waals surface area contributed by atoms with Gasteiger partial charge in [-0.1, -0.05) is 32.6 Å². The van der Waals surface area contributed by atoms with Gasteiger partial charge in [0, 0.05) is 19.0 Å². The Balaban J connectivity index is 1.60. The molecule has 3 aliphatic rings. The Morgan fingerprint density at radius 3 is 2.38 bits per heavy atom. The van der Waals surface area contributed by atoms with Crippen LogP contribution < -0.4 is 0 Å². The number of carboxylic acids is 1. The summed E-state index contributed by atoms with van der Waals surface area (Å²) in [5, 5.41) is 9.21. The zero-order chi connectivity index (χ0) is 15.0. The lowest BCUT2D eigenvalue weighted by molar-refractivity contribution is -0.142. The van der Waals surface area contributed by atoms with E-state index in [9.17, 15) is 14.7 Å². The molecule has 118 valence electrons. The maximum atomic E-state index is 12.7. The van der Waals surface area contributed by atoms with Gasteiger partial charge in [0.05, 0.1) is 5.92 Å². The fourth-order valence-electron chi connectivity index (χ4n) is 4.82. The first-order valence-electron chi connectivity index (χ1n) is 8.58. The molecule has 0 radical (unpaired) electrons. The molecule has 2 aliphatic carbocycles. The molecule has 0 aromatic rings. The van der Waals surface area contributed by atoms with Crippen LogP contribution in [-0.4, -0.2) is 35.0 Å². The normalized spacial score (nSPS) is 39.9. The van der Waals surface area contributed by atoms with Gasteiger partial charge in [-0.3, -0.25) is 9.59 Å². The largest absolute Gasteiger partial charge is 0.481 e. The van der Waals surface area contributed by atoms with E-state index in [2.05, 4.69) is 0 Å². The second kappa shape index (κ2) is 5.98. The summed E-state index contributed by atoms with van der Waals surface area (Å²) >= 11 is 0. The first kappa shape index (κ1) is 14.9. The molecule has 1 aliphatic heterocycles. The Labute approximate surface area is 126 Å². The number of aliphatic carboxylic acids is 1. The van der Waals surface area contributed by atoms with Gasteiger partial charge in [-0.25, -0.2) is 0 Å². The molecule has 21 heavy (non-hydrogen) atoms. The number of hydrogen-bond acceptors (Lipinski definition) is 2. The summed E-state index contributed by atoms with van der Waals surface area (Å²) in [5.74, 6) is 0.939. The summed E-state index contributed by atoms with van der Waals surface area (Å²) in [5.41, 5.74) is 0. The highest BCUT2D eigenvalue weighted by Gasteiger charge is 2.41. The van der Waals surface area contributed by atoms with E-state index < -0.39 is 5.97 Å². The number of carbonyl (C=O) groups is 2. The van der Waals surface area contributed by atoms with Gasteiger partial charge in [0.2, 0.25) is 5.91 Å². The van der Waals surface area contributed by atoms with Crippen molar-refractivity contribution in [1.29, 1.82) is 0 Å². The van der Waals surface area contributed by atoms with Gasteiger partial charge >= 0.3 is 5.97 Å². The molecule has 0 aromatic carbocycles. The zero-order valence-corrected chi connectivity index (χ0v) is 13.0. The Hall–Kier alpha value is -1.06. The van der Waals surface area contributed by atoms with Crippen LogP contribution in [0.4, 0.5) is 0 Å². The van der Waals surface area contributed by atoms with Gasteiger partial charge in [0.15, 0.2) is 0 Å². The molecule has 2 saturated carbocycles. The second-order valence-corrected chi connectivity index (χ2v) is 7.48. The number of fused-ring (bicyclic) bond motifs is 1. The molecular weight excluding hydrogens is 266 g/mol. The predicted molar refractivity (Wildman–Crippen MR) is 79.7 cm³/mol. The SMILES string of the molecule is CC1CN(C(=O)C2CCC3CCCCC3C2)CC1C(=O)O. The lowest BCUT2D eigenvalue weighted by Gasteiger charge is -2.39. The van der Waals surface area contributed by atoms with Crippen LogP contribution in [0.15, 0.2) is 0 Å². The van der Waals surface area contributed by atoms with E-state index in [-0.39, 0.29) is 23.7 Å². The minimum Gasteiger partial charge on any atom is -0.481 e. The average Bonchev–Trinajstić information content (AvgIpc) is 2.88. The molecule has 1 amide bonds. The van der Waals surface area contributed by atoms with Crippen LogP contribution in [0.2, 0.25) is 0 Å². The molecule has 0 aromatic heterocycles. The maximum absolute atomic E-state index is 12.7. The van der Waals surface area contributed by atoms with Crippen molar-refractivity contribution >= 4 is 11.9 Å². The molecule has 3 rings (SSSR count). The number of likely N-dealkylation sites (tertiary alicyclic amines) is 1. The minimum atomic E-state index is -0.756. The van der Waals surface area contributed by atoms with Crippen molar-refractivity contribution in [3.8, 4) is 0 Å². The third kappa shape index (κ3) is 2.95. The van der Waals surface area contributed by atoms with Gasteiger partial charge in [0.25, 0.3) is 0 Å². The summed E-state index contributed by atoms with van der Waals surface area (Å²) in [6.45, 7) is 2.99. The van der Waals surface area contributed by atoms with Crippen molar-refractivity contribution in [1.82, 2.24) is 4.90 Å². The molecule has 5 unspecified atom stereocenters. The fourth-order valence-corrected chi connectivity index (χ4v) is 4.82. The summed E-state index contributed by atoms with van der Waals surface area (Å²) in [6, 6.07) is 0. The molecule has 3 fully saturated rings. The van der Waals surface area contributed by atoms with Crippen LogP contribution in [0.5, 0.6) is 0 Å². The zero-order valence-electron chi connectivity index (χ0n) is 13.0. The lowest BCUT2D eigenvalue weighted by atomic mass is 9.67. The number of carbonyl (C=O) groups excluding carboxylic acids is 1. The molecule has 1 saturated heterocycles. The van der Waals surface area contributed by atoms with Crippen LogP contribution in [0.3, 0.4) is 0 Å². The van der Waals surface area contributed by atoms with E-state index in [0.717, 1.165) is 24.7 Å². The Bertz CT molecular complexity index is 422. The Kier molecular flexibility index (Phi) is 4.23. The van der Waals surface area contributed by atoms with Crippen LogP contribution in [0.25, 0.3) is 0 Å². The molecule has 5 atom stereocenters. The Morgan fingerprint density at radius 2 is 1.71 bits per heavy atom. The standard InChI is InChI=1S/C17H27NO3/c1-11-9-18(10-15(11)17(20)21)16(19)14-7-6-12-4-2-3-5-13(12)8-14/h11-15H,2-10H2,1H3,(H,20,21). The maximum Gasteiger partial charge on any atom is 0.308 e. The average molecular weight is 293 g/mol. The predicted octanol–water partition coefficient (Wildman–Crippen LogP) is 2.77. The van der Waals surface area contributed by atoms with Crippen molar-refractivity contribution in [2.45, 2.75) is 51.9 Å². The number of hydrogen-bond donors (Lipinski definition) is 1. The highest BCUT2D eigenvalue weighted by molar-refractivity contribution is 5.81. The fraction of sp³-hybridized carbons (Fsp3) is 0.882. The van der Waals surface area contributed by atoms with Crippen molar-refractivity contribution in [2.75, 3.05) is 13.1 Å². The highest BCUT2D eigenvalue weighted by Crippen LogP contribution is 2.43. The minimum absolute atomic E-state index is 0.0810. The van der Waals surface area contributed by atoms with E-state index in [1.807, 2.05) is 11.8 Å². The number of nitrogens with zero attached hydrogens (tertiary/aromatic N) is 1. The molecule has 0 spiro atoms. The highest BCUT2D eigenvalue weighted by atomic mass is 16.4. The van der Waals surface area contributed by atoms with Gasteiger partial charge in [-0.05, 0) is 37.0 Å². The number of amides is 1. The van der Waals surface area contributed by atoms with E-state index in [1.54, 1.807) is 0 Å². The van der Waals surface area contributed by atoms with E-state index in [4.69, 9.17) is 0 Å². The third-order valence-electron chi connectivity index (χ3n) is 6.13. The molecular formula is C17H27NO3. The quantitative estimate of drug-likeness (QED) is 0.851. The molecule has 1 N–H and O–H groups in total. The summed E-state index contributed by atoms with van der Waals surface area (Å²) in [7, 11) is 0. The summed E-state index contributed by atoms with van der Waals surface area (Å²) in [4.78, 5) is 25.8. The first-order chi connectivity index (χ1) is 10.1. The topological polar surface area (TPSA) is 57.6 Å². The van der Waals surface area contributed by atoms with Crippen molar-refractivity contribution in [3.05, 3.63) is 0 Å². The second-order valence-electron chi connectivity index (χ2n) is 7.48. The van der Waals surface area contributed by atoms with Crippen molar-refractivity contribution < 1.29 is 14.7 Å². The summed E-state index contributed by atoms with van der Waals surface area (Å²) < 4.78 is 0. The molecule has 4 nitrogen and oxygen atoms in total. The van der Waals surface area contributed by atoms with Crippen LogP contribution in [0.1, 0.15) is 51.9 Å². The van der Waals surface area contributed by atoms with Crippen LogP contribution in [-0.2, 0) is 9.59 Å². The van der Waals surface area contributed by atoms with Gasteiger partial charge < -0.3 is 10.0 Å². The van der Waals surface area contributed by atoms with Gasteiger partial charge in [0.1, 0.15) is 0 Å². The molecule has 0 bridgehead atoms. The molecule has 4 heteroatoms. The van der Waals surface area contributed by atoms with E-state index in [1.165, 1.54) is 32.1 Å². The lowest BCUT2D eigenvalue weighted by Crippen LogP contribution is -2.39. The van der Waals surface area contributed by atoms with Crippen molar-refractivity contribution in [3.63, 3.8) is 0 Å². The van der Waals surface area contributed by atoms with Crippen LogP contribution >= 0.6 is 0 Å².